The Morgan fingerprint density at radius 1 is 0.774 bits per heavy atom. The van der Waals surface area contributed by atoms with Crippen LogP contribution in [-0.4, -0.2) is 22.5 Å². The fourth-order valence-electron chi connectivity index (χ4n) is 4.07. The van der Waals surface area contributed by atoms with Crippen LogP contribution in [0.2, 0.25) is 0 Å². The lowest BCUT2D eigenvalue weighted by Gasteiger charge is -2.07. The zero-order valence-electron chi connectivity index (χ0n) is 18.6. The predicted molar refractivity (Wildman–Crippen MR) is 131 cm³/mol. The van der Waals surface area contributed by atoms with E-state index in [4.69, 9.17) is 0 Å². The van der Waals surface area contributed by atoms with Gasteiger partial charge in [-0.15, -0.1) is 0 Å². The molecule has 0 saturated carbocycles. The summed E-state index contributed by atoms with van der Waals surface area (Å²) in [5.74, 6) is 0. The van der Waals surface area contributed by atoms with Crippen LogP contribution in [-0.2, 0) is 6.42 Å². The Hall–Kier alpha value is -2.91. The Labute approximate surface area is 186 Å². The molecular weight excluding hydrogens is 378 g/mol. The van der Waals surface area contributed by atoms with Crippen LogP contribution in [0.3, 0.4) is 0 Å². The van der Waals surface area contributed by atoms with Crippen molar-refractivity contribution in [3.05, 3.63) is 84.7 Å². The maximum absolute atomic E-state index is 4.64. The van der Waals surface area contributed by atoms with E-state index in [0.717, 1.165) is 30.9 Å². The topological polar surface area (TPSA) is 29.3 Å². The minimum atomic E-state index is 0.977. The fourth-order valence-corrected chi connectivity index (χ4v) is 4.07. The molecule has 4 rings (SSSR count). The zero-order valence-corrected chi connectivity index (χ0v) is 18.6. The number of hydrogen-bond acceptors (Lipinski definition) is 2. The first-order chi connectivity index (χ1) is 15.3. The molecule has 2 aromatic carbocycles. The molecule has 31 heavy (non-hydrogen) atoms. The third kappa shape index (κ3) is 5.62. The fraction of sp³-hybridized carbons (Fsp3) is 0.321. The van der Waals surface area contributed by atoms with Gasteiger partial charge in [0.05, 0.1) is 11.9 Å². The van der Waals surface area contributed by atoms with Crippen molar-refractivity contribution < 1.29 is 0 Å². The zero-order chi connectivity index (χ0) is 21.3. The van der Waals surface area contributed by atoms with Crippen LogP contribution in [0.1, 0.15) is 44.6 Å². The Morgan fingerprint density at radius 2 is 1.58 bits per heavy atom. The SMILES string of the molecule is CCCCCCNCCCc1ccc(-c2ccn3c(-c4ccccc4)cnc3c2)cc1. The Kier molecular flexibility index (Phi) is 7.51. The number of imidazole rings is 1. The summed E-state index contributed by atoms with van der Waals surface area (Å²) in [6, 6.07) is 23.8. The Bertz CT molecular complexity index is 1060. The molecule has 0 fully saturated rings. The number of rotatable bonds is 11. The van der Waals surface area contributed by atoms with Gasteiger partial charge in [0.25, 0.3) is 0 Å². The van der Waals surface area contributed by atoms with E-state index in [1.165, 1.54) is 54.4 Å². The van der Waals surface area contributed by atoms with Crippen molar-refractivity contribution in [1.82, 2.24) is 14.7 Å². The lowest BCUT2D eigenvalue weighted by molar-refractivity contribution is 0.585. The average molecular weight is 412 g/mol. The van der Waals surface area contributed by atoms with Crippen molar-refractivity contribution >= 4 is 5.65 Å². The largest absolute Gasteiger partial charge is 0.317 e. The second kappa shape index (κ2) is 10.9. The van der Waals surface area contributed by atoms with Gasteiger partial charge in [0.15, 0.2) is 0 Å². The lowest BCUT2D eigenvalue weighted by Crippen LogP contribution is -2.17. The highest BCUT2D eigenvalue weighted by atomic mass is 15.0. The summed E-state index contributed by atoms with van der Waals surface area (Å²) < 4.78 is 2.16. The lowest BCUT2D eigenvalue weighted by atomic mass is 10.0. The van der Waals surface area contributed by atoms with Crippen LogP contribution in [0.15, 0.2) is 79.1 Å². The molecule has 0 saturated heterocycles. The second-order valence-corrected chi connectivity index (χ2v) is 8.26. The first kappa shape index (κ1) is 21.3. The molecule has 0 aliphatic carbocycles. The number of nitrogens with zero attached hydrogens (tertiary/aromatic N) is 2. The third-order valence-electron chi connectivity index (χ3n) is 5.90. The minimum absolute atomic E-state index is 0.977. The molecule has 3 nitrogen and oxygen atoms in total. The first-order valence-corrected chi connectivity index (χ1v) is 11.7. The quantitative estimate of drug-likeness (QED) is 0.276. The summed E-state index contributed by atoms with van der Waals surface area (Å²) in [6.45, 7) is 4.52. The molecule has 0 atom stereocenters. The van der Waals surface area contributed by atoms with Gasteiger partial charge in [0.1, 0.15) is 5.65 Å². The van der Waals surface area contributed by atoms with Crippen molar-refractivity contribution in [3.63, 3.8) is 0 Å². The van der Waals surface area contributed by atoms with E-state index in [9.17, 15) is 0 Å². The van der Waals surface area contributed by atoms with Gasteiger partial charge in [-0.25, -0.2) is 4.98 Å². The summed E-state index contributed by atoms with van der Waals surface area (Å²) in [4.78, 5) is 4.64. The number of pyridine rings is 1. The average Bonchev–Trinajstić information content (AvgIpc) is 3.25. The molecule has 2 aromatic heterocycles. The molecule has 1 N–H and O–H groups in total. The summed E-state index contributed by atoms with van der Waals surface area (Å²) >= 11 is 0. The van der Waals surface area contributed by atoms with E-state index >= 15 is 0 Å². The van der Waals surface area contributed by atoms with Gasteiger partial charge in [-0.05, 0) is 61.2 Å². The molecule has 3 heteroatoms. The highest BCUT2D eigenvalue weighted by Gasteiger charge is 2.07. The summed E-state index contributed by atoms with van der Waals surface area (Å²) in [6.07, 6.45) is 11.7. The van der Waals surface area contributed by atoms with E-state index in [-0.39, 0.29) is 0 Å². The van der Waals surface area contributed by atoms with Crippen LogP contribution in [0.25, 0.3) is 28.0 Å². The number of benzene rings is 2. The van der Waals surface area contributed by atoms with Gasteiger partial charge in [0, 0.05) is 11.8 Å². The standard InChI is InChI=1S/C28H33N3/c1-2-3-4-8-18-29-19-9-10-23-13-15-24(16-14-23)26-17-20-31-27(22-30-28(31)21-26)25-11-6-5-7-12-25/h5-7,11-17,20-22,29H,2-4,8-10,18-19H2,1H3. The Morgan fingerprint density at radius 3 is 2.39 bits per heavy atom. The monoisotopic (exact) mass is 411 g/mol. The molecule has 0 amide bonds. The van der Waals surface area contributed by atoms with Crippen LogP contribution < -0.4 is 5.32 Å². The van der Waals surface area contributed by atoms with E-state index in [0.29, 0.717) is 0 Å². The second-order valence-electron chi connectivity index (χ2n) is 8.26. The smallest absolute Gasteiger partial charge is 0.137 e. The third-order valence-corrected chi connectivity index (χ3v) is 5.90. The van der Waals surface area contributed by atoms with E-state index < -0.39 is 0 Å². The van der Waals surface area contributed by atoms with Crippen LogP contribution in [0.5, 0.6) is 0 Å². The van der Waals surface area contributed by atoms with Crippen molar-refractivity contribution in [2.24, 2.45) is 0 Å². The number of fused-ring (bicyclic) bond motifs is 1. The molecule has 0 radical (unpaired) electrons. The van der Waals surface area contributed by atoms with Gasteiger partial charge in [-0.3, -0.25) is 4.40 Å². The van der Waals surface area contributed by atoms with Crippen LogP contribution in [0.4, 0.5) is 0 Å². The Balaban J connectivity index is 1.33. The molecular formula is C28H33N3. The molecule has 0 spiro atoms. The first-order valence-electron chi connectivity index (χ1n) is 11.7. The van der Waals surface area contributed by atoms with Crippen molar-refractivity contribution in [2.45, 2.75) is 45.4 Å². The molecule has 160 valence electrons. The summed E-state index contributed by atoms with van der Waals surface area (Å²) in [7, 11) is 0. The number of aryl methyl sites for hydroxylation is 1. The normalized spacial score (nSPS) is 11.3. The van der Waals surface area contributed by atoms with Crippen molar-refractivity contribution in [3.8, 4) is 22.4 Å². The van der Waals surface area contributed by atoms with Gasteiger partial charge >= 0.3 is 0 Å². The van der Waals surface area contributed by atoms with Crippen LogP contribution in [0, 0.1) is 0 Å². The van der Waals surface area contributed by atoms with Crippen molar-refractivity contribution in [1.29, 1.82) is 0 Å². The summed E-state index contributed by atoms with van der Waals surface area (Å²) in [5, 5.41) is 3.57. The van der Waals surface area contributed by atoms with Crippen molar-refractivity contribution in [2.75, 3.05) is 13.1 Å². The summed E-state index contributed by atoms with van der Waals surface area (Å²) in [5.41, 5.74) is 7.14. The van der Waals surface area contributed by atoms with Crippen LogP contribution >= 0.6 is 0 Å². The maximum atomic E-state index is 4.64. The number of aromatic nitrogens is 2. The molecule has 0 unspecified atom stereocenters. The molecule has 0 aliphatic heterocycles. The molecule has 0 aliphatic rings. The number of unbranched alkanes of at least 4 members (excludes halogenated alkanes) is 3. The number of hydrogen-bond donors (Lipinski definition) is 1. The molecule has 4 aromatic rings. The highest BCUT2D eigenvalue weighted by Crippen LogP contribution is 2.25. The molecule has 0 bridgehead atoms. The maximum Gasteiger partial charge on any atom is 0.137 e. The highest BCUT2D eigenvalue weighted by molar-refractivity contribution is 5.71. The van der Waals surface area contributed by atoms with E-state index in [1.54, 1.807) is 0 Å². The van der Waals surface area contributed by atoms with Gasteiger partial charge in [0.2, 0.25) is 0 Å². The predicted octanol–water partition coefficient (Wildman–Crippen LogP) is 6.77. The van der Waals surface area contributed by atoms with Gasteiger partial charge in [-0.2, -0.15) is 0 Å². The minimum Gasteiger partial charge on any atom is -0.317 e. The van der Waals surface area contributed by atoms with Gasteiger partial charge in [-0.1, -0.05) is 80.8 Å². The molecule has 2 heterocycles. The van der Waals surface area contributed by atoms with Gasteiger partial charge < -0.3 is 5.32 Å². The number of nitrogens with one attached hydrogen (secondary N) is 1. The van der Waals surface area contributed by atoms with E-state index in [2.05, 4.69) is 88.5 Å². The van der Waals surface area contributed by atoms with E-state index in [1.807, 2.05) is 12.3 Å².